The third-order valence-electron chi connectivity index (χ3n) is 6.32. The van der Waals surface area contributed by atoms with Crippen molar-refractivity contribution in [3.05, 3.63) is 23.9 Å². The van der Waals surface area contributed by atoms with Gasteiger partial charge in [0.1, 0.15) is 17.1 Å². The van der Waals surface area contributed by atoms with Crippen molar-refractivity contribution in [2.75, 3.05) is 10.6 Å². The quantitative estimate of drug-likeness (QED) is 0.501. The number of nitrogens with one attached hydrogen (secondary N) is 2. The zero-order valence-electron chi connectivity index (χ0n) is 18.6. The van der Waals surface area contributed by atoms with E-state index in [9.17, 15) is 26.3 Å². The second-order valence-electron chi connectivity index (χ2n) is 9.32. The molecule has 0 aliphatic heterocycles. The van der Waals surface area contributed by atoms with Gasteiger partial charge < -0.3 is 10.6 Å². The van der Waals surface area contributed by atoms with Gasteiger partial charge >= 0.3 is 6.18 Å². The largest absolute Gasteiger partial charge is 0.433 e. The van der Waals surface area contributed by atoms with Crippen molar-refractivity contribution < 1.29 is 26.3 Å². The summed E-state index contributed by atoms with van der Waals surface area (Å²) in [4.78, 5) is 16.4. The molecule has 34 heavy (non-hydrogen) atoms. The maximum Gasteiger partial charge on any atom is 0.433 e. The maximum absolute atomic E-state index is 14.1. The number of nitrogens with zero attached hydrogens (tertiary/aromatic N) is 4. The molecule has 0 bridgehead atoms. The Morgan fingerprint density at radius 2 is 1.32 bits per heavy atom. The van der Waals surface area contributed by atoms with Crippen LogP contribution in [0.1, 0.15) is 64.0 Å². The van der Waals surface area contributed by atoms with Gasteiger partial charge in [0.05, 0.1) is 0 Å². The van der Waals surface area contributed by atoms with Crippen LogP contribution in [0.3, 0.4) is 0 Å². The smallest absolute Gasteiger partial charge is 0.351 e. The highest BCUT2D eigenvalue weighted by Gasteiger charge is 2.36. The fourth-order valence-electron chi connectivity index (χ4n) is 4.25. The summed E-state index contributed by atoms with van der Waals surface area (Å²) in [7, 11) is 0. The van der Waals surface area contributed by atoms with Crippen LogP contribution in [0.2, 0.25) is 0 Å². The molecule has 12 heteroatoms. The van der Waals surface area contributed by atoms with Crippen LogP contribution < -0.4 is 10.6 Å². The number of alkyl halides is 6. The predicted molar refractivity (Wildman–Crippen MR) is 114 cm³/mol. The van der Waals surface area contributed by atoms with Crippen LogP contribution in [0.15, 0.2) is 18.2 Å². The summed E-state index contributed by atoms with van der Waals surface area (Å²) < 4.78 is 80.6. The molecule has 0 saturated heterocycles. The fraction of sp³-hybridized carbons (Fsp3) is 0.636. The van der Waals surface area contributed by atoms with E-state index in [1.54, 1.807) is 6.92 Å². The molecule has 4 rings (SSSR count). The van der Waals surface area contributed by atoms with Gasteiger partial charge in [-0.15, -0.1) is 0 Å². The Labute approximate surface area is 193 Å². The van der Waals surface area contributed by atoms with E-state index in [1.807, 2.05) is 0 Å². The second kappa shape index (κ2) is 9.18. The summed E-state index contributed by atoms with van der Waals surface area (Å²) in [6.45, 7) is 1.55. The Balaban J connectivity index is 1.60. The fourth-order valence-corrected chi connectivity index (χ4v) is 4.25. The van der Waals surface area contributed by atoms with Gasteiger partial charge in [0.15, 0.2) is 5.82 Å². The van der Waals surface area contributed by atoms with E-state index in [0.717, 1.165) is 6.07 Å². The summed E-state index contributed by atoms with van der Waals surface area (Å²) in [5, 5.41) is 6.14. The predicted octanol–water partition coefficient (Wildman–Crippen LogP) is 6.02. The van der Waals surface area contributed by atoms with Gasteiger partial charge in [-0.3, -0.25) is 0 Å². The molecule has 2 aliphatic carbocycles. The van der Waals surface area contributed by atoms with Crippen molar-refractivity contribution in [1.29, 1.82) is 0 Å². The van der Waals surface area contributed by atoms with Gasteiger partial charge in [-0.05, 0) is 57.6 Å². The molecule has 186 valence electrons. The molecule has 2 N–H and O–H groups in total. The molecule has 0 radical (unpaired) electrons. The molecule has 2 heterocycles. The summed E-state index contributed by atoms with van der Waals surface area (Å²) >= 11 is 0. The van der Waals surface area contributed by atoms with E-state index in [4.69, 9.17) is 0 Å². The van der Waals surface area contributed by atoms with Crippen LogP contribution in [0.5, 0.6) is 0 Å². The average molecular weight is 488 g/mol. The van der Waals surface area contributed by atoms with Gasteiger partial charge in [-0.25, -0.2) is 18.2 Å². The first kappa shape index (κ1) is 24.5. The molecule has 0 aromatic carbocycles. The highest BCUT2D eigenvalue weighted by molar-refractivity contribution is 5.54. The monoisotopic (exact) mass is 488 g/mol. The van der Waals surface area contributed by atoms with Crippen LogP contribution in [-0.2, 0) is 6.18 Å². The number of halogens is 6. The number of rotatable bonds is 5. The Hall–Kier alpha value is -2.66. The zero-order chi connectivity index (χ0) is 24.6. The number of hydrogen-bond donors (Lipinski definition) is 2. The van der Waals surface area contributed by atoms with Crippen LogP contribution in [0, 0.1) is 0 Å². The third-order valence-corrected chi connectivity index (χ3v) is 6.32. The molecule has 0 amide bonds. The standard InChI is InChI=1S/C22H26F6N6/c1-20(23)9-5-13(6-10-20)29-18-32-17(15-3-2-4-16(31-15)22(26,27)28)33-19(34-18)30-14-7-11-21(24,25)12-8-14/h2-4,13-14H,5-12H2,1H3,(H2,29,30,32,33,34). The molecule has 2 fully saturated rings. The topological polar surface area (TPSA) is 75.6 Å². The third kappa shape index (κ3) is 6.26. The molecule has 2 aliphatic rings. The van der Waals surface area contributed by atoms with Gasteiger partial charge in [0.25, 0.3) is 0 Å². The summed E-state index contributed by atoms with van der Waals surface area (Å²) in [6.07, 6.45) is -2.98. The normalized spacial score (nSPS) is 25.7. The number of hydrogen-bond acceptors (Lipinski definition) is 6. The minimum absolute atomic E-state index is 0.0630. The molecule has 6 nitrogen and oxygen atoms in total. The first-order valence-corrected chi connectivity index (χ1v) is 11.3. The SMILES string of the molecule is CC1(F)CCC(Nc2nc(NC3CCC(F)(F)CC3)nc(-c3cccc(C(F)(F)F)n3)n2)CC1. The second-order valence-corrected chi connectivity index (χ2v) is 9.32. The lowest BCUT2D eigenvalue weighted by atomic mass is 9.85. The lowest BCUT2D eigenvalue weighted by Crippen LogP contribution is -2.34. The molecular formula is C22H26F6N6. The lowest BCUT2D eigenvalue weighted by molar-refractivity contribution is -0.141. The van der Waals surface area contributed by atoms with Gasteiger partial charge in [0.2, 0.25) is 17.8 Å². The van der Waals surface area contributed by atoms with Gasteiger partial charge in [-0.1, -0.05) is 6.07 Å². The van der Waals surface area contributed by atoms with E-state index < -0.39 is 23.5 Å². The zero-order valence-corrected chi connectivity index (χ0v) is 18.6. The van der Waals surface area contributed by atoms with Crippen molar-refractivity contribution in [2.24, 2.45) is 0 Å². The van der Waals surface area contributed by atoms with E-state index in [-0.39, 0.29) is 61.2 Å². The van der Waals surface area contributed by atoms with Crippen molar-refractivity contribution in [1.82, 2.24) is 19.9 Å². The molecule has 0 atom stereocenters. The number of pyridine rings is 1. The van der Waals surface area contributed by atoms with Gasteiger partial charge in [0, 0.05) is 24.9 Å². The van der Waals surface area contributed by atoms with Crippen molar-refractivity contribution in [2.45, 2.75) is 88.1 Å². The minimum Gasteiger partial charge on any atom is -0.351 e. The molecular weight excluding hydrogens is 462 g/mol. The molecule has 2 aromatic rings. The number of aromatic nitrogens is 4. The summed E-state index contributed by atoms with van der Waals surface area (Å²) in [5.74, 6) is -2.62. The lowest BCUT2D eigenvalue weighted by Gasteiger charge is -2.31. The first-order valence-electron chi connectivity index (χ1n) is 11.3. The van der Waals surface area contributed by atoms with Crippen LogP contribution in [-0.4, -0.2) is 43.6 Å². The number of anilines is 2. The van der Waals surface area contributed by atoms with Crippen molar-refractivity contribution >= 4 is 11.9 Å². The molecule has 0 spiro atoms. The van der Waals surface area contributed by atoms with Crippen LogP contribution in [0.25, 0.3) is 11.5 Å². The van der Waals surface area contributed by atoms with Gasteiger partial charge in [-0.2, -0.15) is 28.1 Å². The molecule has 2 aromatic heterocycles. The maximum atomic E-state index is 14.1. The van der Waals surface area contributed by atoms with E-state index in [1.165, 1.54) is 12.1 Å². The van der Waals surface area contributed by atoms with Crippen molar-refractivity contribution in [3.63, 3.8) is 0 Å². The van der Waals surface area contributed by atoms with Crippen LogP contribution in [0.4, 0.5) is 38.2 Å². The molecule has 0 unspecified atom stereocenters. The van der Waals surface area contributed by atoms with Crippen LogP contribution >= 0.6 is 0 Å². The minimum atomic E-state index is -4.64. The highest BCUT2D eigenvalue weighted by Crippen LogP contribution is 2.35. The average Bonchev–Trinajstić information content (AvgIpc) is 2.76. The summed E-state index contributed by atoms with van der Waals surface area (Å²) in [5.41, 5.74) is -2.42. The Morgan fingerprint density at radius 3 is 1.85 bits per heavy atom. The highest BCUT2D eigenvalue weighted by atomic mass is 19.4. The first-order chi connectivity index (χ1) is 15.9. The van der Waals surface area contributed by atoms with E-state index in [0.29, 0.717) is 25.7 Å². The Morgan fingerprint density at radius 1 is 0.794 bits per heavy atom. The Kier molecular flexibility index (Phi) is 6.61. The van der Waals surface area contributed by atoms with E-state index in [2.05, 4.69) is 30.6 Å². The van der Waals surface area contributed by atoms with Crippen molar-refractivity contribution in [3.8, 4) is 11.5 Å². The summed E-state index contributed by atoms with van der Waals surface area (Å²) in [6, 6.07) is 2.99. The Bertz CT molecular complexity index is 943. The van der Waals surface area contributed by atoms with E-state index >= 15 is 0 Å². The molecule has 2 saturated carbocycles.